The molecule has 98 valence electrons. The zero-order chi connectivity index (χ0) is 13.0. The van der Waals surface area contributed by atoms with E-state index in [9.17, 15) is 4.79 Å². The van der Waals surface area contributed by atoms with Gasteiger partial charge in [0.25, 0.3) is 0 Å². The van der Waals surface area contributed by atoms with Gasteiger partial charge in [0, 0.05) is 25.5 Å². The Balaban J connectivity index is 2.04. The van der Waals surface area contributed by atoms with Gasteiger partial charge in [-0.3, -0.25) is 4.90 Å². The van der Waals surface area contributed by atoms with Crippen molar-refractivity contribution in [2.45, 2.75) is 19.4 Å². The predicted octanol–water partition coefficient (Wildman–Crippen LogP) is 0.958. The van der Waals surface area contributed by atoms with Crippen LogP contribution in [0, 0.1) is 0 Å². The van der Waals surface area contributed by atoms with Gasteiger partial charge in [-0.1, -0.05) is 6.92 Å². The van der Waals surface area contributed by atoms with Crippen molar-refractivity contribution >= 4 is 5.97 Å². The SMILES string of the molecule is CCCN1CCOC(c2ncc(C(=O)O)cn2)C1. The maximum atomic E-state index is 10.7. The molecule has 2 rings (SSSR count). The molecule has 1 aromatic heterocycles. The third kappa shape index (κ3) is 3.02. The van der Waals surface area contributed by atoms with E-state index in [4.69, 9.17) is 9.84 Å². The largest absolute Gasteiger partial charge is 0.478 e. The summed E-state index contributed by atoms with van der Waals surface area (Å²) in [5.74, 6) is -0.459. The van der Waals surface area contributed by atoms with Gasteiger partial charge >= 0.3 is 5.97 Å². The smallest absolute Gasteiger partial charge is 0.338 e. The Morgan fingerprint density at radius 3 is 2.89 bits per heavy atom. The fourth-order valence-electron chi connectivity index (χ4n) is 1.99. The highest BCUT2D eigenvalue weighted by Gasteiger charge is 2.23. The summed E-state index contributed by atoms with van der Waals surface area (Å²) in [5, 5.41) is 8.78. The highest BCUT2D eigenvalue weighted by Crippen LogP contribution is 2.18. The van der Waals surface area contributed by atoms with E-state index in [0.29, 0.717) is 12.4 Å². The molecule has 1 saturated heterocycles. The van der Waals surface area contributed by atoms with Gasteiger partial charge in [-0.15, -0.1) is 0 Å². The van der Waals surface area contributed by atoms with Crippen LogP contribution in [0.25, 0.3) is 0 Å². The van der Waals surface area contributed by atoms with Gasteiger partial charge < -0.3 is 9.84 Å². The molecule has 0 saturated carbocycles. The van der Waals surface area contributed by atoms with Crippen molar-refractivity contribution < 1.29 is 14.6 Å². The lowest BCUT2D eigenvalue weighted by atomic mass is 10.2. The zero-order valence-electron chi connectivity index (χ0n) is 10.4. The maximum Gasteiger partial charge on any atom is 0.338 e. The van der Waals surface area contributed by atoms with Crippen molar-refractivity contribution in [1.29, 1.82) is 0 Å². The van der Waals surface area contributed by atoms with Crippen LogP contribution in [0.4, 0.5) is 0 Å². The van der Waals surface area contributed by atoms with Crippen LogP contribution >= 0.6 is 0 Å². The molecule has 0 spiro atoms. The Bertz CT molecular complexity index is 406. The minimum Gasteiger partial charge on any atom is -0.478 e. The van der Waals surface area contributed by atoms with Crippen LogP contribution in [0.2, 0.25) is 0 Å². The molecule has 0 bridgehead atoms. The lowest BCUT2D eigenvalue weighted by Crippen LogP contribution is -2.39. The van der Waals surface area contributed by atoms with Gasteiger partial charge in [0.15, 0.2) is 5.82 Å². The fraction of sp³-hybridized carbons (Fsp3) is 0.583. The second-order valence-corrected chi connectivity index (χ2v) is 4.30. The van der Waals surface area contributed by atoms with E-state index in [1.165, 1.54) is 12.4 Å². The average Bonchev–Trinajstić information content (AvgIpc) is 2.39. The molecule has 1 N–H and O–H groups in total. The van der Waals surface area contributed by atoms with Crippen molar-refractivity contribution in [3.63, 3.8) is 0 Å². The average molecular weight is 251 g/mol. The Morgan fingerprint density at radius 2 is 2.28 bits per heavy atom. The van der Waals surface area contributed by atoms with Gasteiger partial charge in [0.2, 0.25) is 0 Å². The summed E-state index contributed by atoms with van der Waals surface area (Å²) in [4.78, 5) is 21.2. The third-order valence-electron chi connectivity index (χ3n) is 2.90. The van der Waals surface area contributed by atoms with Crippen molar-refractivity contribution in [2.24, 2.45) is 0 Å². The predicted molar refractivity (Wildman–Crippen MR) is 64.4 cm³/mol. The number of aromatic carboxylic acids is 1. The Kier molecular flexibility index (Phi) is 4.22. The summed E-state index contributed by atoms with van der Waals surface area (Å²) >= 11 is 0. The van der Waals surface area contributed by atoms with E-state index >= 15 is 0 Å². The topological polar surface area (TPSA) is 75.5 Å². The Labute approximate surface area is 106 Å². The molecule has 1 aromatic rings. The number of ether oxygens (including phenoxy) is 1. The summed E-state index contributed by atoms with van der Waals surface area (Å²) in [7, 11) is 0. The van der Waals surface area contributed by atoms with E-state index in [2.05, 4.69) is 21.8 Å². The molecule has 1 unspecified atom stereocenters. The summed E-state index contributed by atoms with van der Waals surface area (Å²) in [5.41, 5.74) is 0.0972. The lowest BCUT2D eigenvalue weighted by Gasteiger charge is -2.31. The maximum absolute atomic E-state index is 10.7. The van der Waals surface area contributed by atoms with Gasteiger partial charge in [0.1, 0.15) is 6.10 Å². The number of nitrogens with zero attached hydrogens (tertiary/aromatic N) is 3. The van der Waals surface area contributed by atoms with Crippen LogP contribution in [-0.4, -0.2) is 52.2 Å². The van der Waals surface area contributed by atoms with E-state index < -0.39 is 5.97 Å². The first-order chi connectivity index (χ1) is 8.70. The molecule has 0 aromatic carbocycles. The highest BCUT2D eigenvalue weighted by molar-refractivity contribution is 5.86. The van der Waals surface area contributed by atoms with E-state index in [1.54, 1.807) is 0 Å². The molecule has 2 heterocycles. The van der Waals surface area contributed by atoms with Crippen molar-refractivity contribution in [3.05, 3.63) is 23.8 Å². The molecule has 6 nitrogen and oxygen atoms in total. The number of hydrogen-bond donors (Lipinski definition) is 1. The summed E-state index contributed by atoms with van der Waals surface area (Å²) in [6.45, 7) is 5.53. The number of carboxylic acid groups (broad SMARTS) is 1. The molecule has 0 radical (unpaired) electrons. The Hall–Kier alpha value is -1.53. The molecule has 1 atom stereocenters. The van der Waals surface area contributed by atoms with E-state index in [0.717, 1.165) is 26.1 Å². The van der Waals surface area contributed by atoms with Crippen LogP contribution in [0.3, 0.4) is 0 Å². The molecule has 1 aliphatic rings. The van der Waals surface area contributed by atoms with Gasteiger partial charge in [-0.05, 0) is 13.0 Å². The standard InChI is InChI=1S/C12H17N3O3/c1-2-3-15-4-5-18-10(8-15)11-13-6-9(7-14-11)12(16)17/h6-7,10H,2-5,8H2,1H3,(H,16,17). The summed E-state index contributed by atoms with van der Waals surface area (Å²) in [6, 6.07) is 0. The molecule has 1 aliphatic heterocycles. The van der Waals surface area contributed by atoms with Gasteiger partial charge in [-0.25, -0.2) is 14.8 Å². The molecule has 6 heteroatoms. The first-order valence-electron chi connectivity index (χ1n) is 6.10. The number of morpholine rings is 1. The normalized spacial score (nSPS) is 20.8. The number of aromatic nitrogens is 2. The highest BCUT2D eigenvalue weighted by atomic mass is 16.5. The van der Waals surface area contributed by atoms with Crippen LogP contribution in [-0.2, 0) is 4.74 Å². The summed E-state index contributed by atoms with van der Waals surface area (Å²) in [6.07, 6.45) is 3.60. The minimum atomic E-state index is -1.02. The zero-order valence-corrected chi connectivity index (χ0v) is 10.4. The molecule has 18 heavy (non-hydrogen) atoms. The number of hydrogen-bond acceptors (Lipinski definition) is 5. The molecular weight excluding hydrogens is 234 g/mol. The van der Waals surface area contributed by atoms with Crippen LogP contribution < -0.4 is 0 Å². The van der Waals surface area contributed by atoms with Crippen LogP contribution in [0.5, 0.6) is 0 Å². The van der Waals surface area contributed by atoms with Crippen molar-refractivity contribution in [1.82, 2.24) is 14.9 Å². The van der Waals surface area contributed by atoms with E-state index in [-0.39, 0.29) is 11.7 Å². The quantitative estimate of drug-likeness (QED) is 0.859. The number of rotatable bonds is 4. The van der Waals surface area contributed by atoms with Gasteiger partial charge in [0.05, 0.1) is 12.2 Å². The number of carboxylic acids is 1. The molecule has 0 amide bonds. The molecule has 0 aliphatic carbocycles. The Morgan fingerprint density at radius 1 is 1.56 bits per heavy atom. The fourth-order valence-corrected chi connectivity index (χ4v) is 1.99. The second-order valence-electron chi connectivity index (χ2n) is 4.30. The lowest BCUT2D eigenvalue weighted by molar-refractivity contribution is -0.0342. The molecular formula is C12H17N3O3. The second kappa shape index (κ2) is 5.88. The van der Waals surface area contributed by atoms with E-state index in [1.807, 2.05) is 0 Å². The first-order valence-corrected chi connectivity index (χ1v) is 6.10. The van der Waals surface area contributed by atoms with Crippen LogP contribution in [0.1, 0.15) is 35.6 Å². The van der Waals surface area contributed by atoms with Crippen LogP contribution in [0.15, 0.2) is 12.4 Å². The van der Waals surface area contributed by atoms with Crippen molar-refractivity contribution in [3.8, 4) is 0 Å². The van der Waals surface area contributed by atoms with Gasteiger partial charge in [-0.2, -0.15) is 0 Å². The summed E-state index contributed by atoms with van der Waals surface area (Å²) < 4.78 is 5.63. The number of carbonyl (C=O) groups is 1. The minimum absolute atomic E-state index is 0.0972. The first kappa shape index (κ1) is 12.9. The third-order valence-corrected chi connectivity index (χ3v) is 2.90. The monoisotopic (exact) mass is 251 g/mol. The van der Waals surface area contributed by atoms with Crippen molar-refractivity contribution in [2.75, 3.05) is 26.2 Å². The molecule has 1 fully saturated rings.